The molecule has 3 aromatic carbocycles. The van der Waals surface area contributed by atoms with Crippen LogP contribution in [0.3, 0.4) is 0 Å². The second-order valence-electron chi connectivity index (χ2n) is 8.80. The Morgan fingerprint density at radius 1 is 0.917 bits per heavy atom. The molecule has 0 saturated carbocycles. The summed E-state index contributed by atoms with van der Waals surface area (Å²) in [6, 6.07) is 28.6. The molecular formula is C30H28N4OS. The summed E-state index contributed by atoms with van der Waals surface area (Å²) in [6.45, 7) is 4.17. The fraction of sp³-hybridized carbons (Fsp3) is 0.167. The lowest BCUT2D eigenvalue weighted by Crippen LogP contribution is -2.12. The zero-order valence-corrected chi connectivity index (χ0v) is 21.2. The summed E-state index contributed by atoms with van der Waals surface area (Å²) in [7, 11) is 0. The molecule has 0 aliphatic heterocycles. The van der Waals surface area contributed by atoms with Crippen LogP contribution >= 0.6 is 11.3 Å². The molecule has 0 aliphatic rings. The minimum Gasteiger partial charge on any atom is -0.321 e. The lowest BCUT2D eigenvalue weighted by molar-refractivity contribution is 0.102. The smallest absolute Gasteiger partial charge is 0.276 e. The monoisotopic (exact) mass is 492 g/mol. The molecule has 6 heteroatoms. The maximum Gasteiger partial charge on any atom is 0.276 e. The molecule has 5 aromatic rings. The van der Waals surface area contributed by atoms with E-state index in [2.05, 4.69) is 71.0 Å². The van der Waals surface area contributed by atoms with Crippen LogP contribution < -0.4 is 5.32 Å². The van der Waals surface area contributed by atoms with Gasteiger partial charge in [-0.15, -0.1) is 11.3 Å². The van der Waals surface area contributed by atoms with Gasteiger partial charge in [0.1, 0.15) is 5.01 Å². The van der Waals surface area contributed by atoms with Crippen LogP contribution in [0.15, 0.2) is 84.9 Å². The predicted octanol–water partition coefficient (Wildman–Crippen LogP) is 7.77. The van der Waals surface area contributed by atoms with Gasteiger partial charge >= 0.3 is 0 Å². The number of unbranched alkanes of at least 4 members (excludes halogenated alkanes) is 1. The third-order valence-electron chi connectivity index (χ3n) is 6.12. The molecule has 0 radical (unpaired) electrons. The Labute approximate surface area is 215 Å². The number of aromatic nitrogens is 3. The van der Waals surface area contributed by atoms with E-state index in [1.54, 1.807) is 17.4 Å². The number of nitrogens with zero attached hydrogens (tertiary/aromatic N) is 2. The lowest BCUT2D eigenvalue weighted by atomic mass is 10.0. The third kappa shape index (κ3) is 5.29. The fourth-order valence-electron chi connectivity index (χ4n) is 4.09. The first-order valence-electron chi connectivity index (χ1n) is 12.2. The van der Waals surface area contributed by atoms with Crippen LogP contribution in [0.5, 0.6) is 0 Å². The van der Waals surface area contributed by atoms with Crippen molar-refractivity contribution in [1.82, 2.24) is 15.2 Å². The Bertz CT molecular complexity index is 1450. The van der Waals surface area contributed by atoms with Crippen molar-refractivity contribution in [2.45, 2.75) is 33.1 Å². The Balaban J connectivity index is 1.29. The van der Waals surface area contributed by atoms with Crippen LogP contribution in [0.2, 0.25) is 0 Å². The van der Waals surface area contributed by atoms with Crippen molar-refractivity contribution < 1.29 is 4.79 Å². The summed E-state index contributed by atoms with van der Waals surface area (Å²) in [6.07, 6.45) is 3.39. The molecule has 0 atom stereocenters. The Hall–Kier alpha value is -4.03. The second kappa shape index (κ2) is 10.7. The number of hydrogen-bond acceptors (Lipinski definition) is 4. The van der Waals surface area contributed by atoms with Gasteiger partial charge < -0.3 is 5.32 Å². The number of rotatable bonds is 8. The van der Waals surface area contributed by atoms with Gasteiger partial charge in [-0.2, -0.15) is 5.10 Å². The van der Waals surface area contributed by atoms with E-state index in [1.807, 2.05) is 37.3 Å². The third-order valence-corrected chi connectivity index (χ3v) is 7.36. The number of hydrogen-bond donors (Lipinski definition) is 2. The van der Waals surface area contributed by atoms with E-state index < -0.39 is 0 Å². The SMILES string of the molecule is CCCCc1ccc(NC(=O)c2cc(-c3sc(-c4ccc(-c5ccccc5)cc4)nc3C)[nH]n2)cc1. The van der Waals surface area contributed by atoms with E-state index in [0.717, 1.165) is 38.9 Å². The molecule has 2 N–H and O–H groups in total. The van der Waals surface area contributed by atoms with Crippen molar-refractivity contribution in [1.29, 1.82) is 0 Å². The number of carbonyl (C=O) groups excluding carboxylic acids is 1. The molecule has 0 saturated heterocycles. The van der Waals surface area contributed by atoms with E-state index in [4.69, 9.17) is 4.98 Å². The highest BCUT2D eigenvalue weighted by Crippen LogP contribution is 2.35. The van der Waals surface area contributed by atoms with Crippen molar-refractivity contribution in [3.8, 4) is 32.3 Å². The van der Waals surface area contributed by atoms with E-state index in [1.165, 1.54) is 29.5 Å². The first kappa shape index (κ1) is 23.7. The van der Waals surface area contributed by atoms with Gasteiger partial charge in [0, 0.05) is 11.3 Å². The molecule has 180 valence electrons. The van der Waals surface area contributed by atoms with Gasteiger partial charge in [0.2, 0.25) is 0 Å². The van der Waals surface area contributed by atoms with E-state index in [9.17, 15) is 4.79 Å². The molecule has 2 aromatic heterocycles. The molecule has 0 bridgehead atoms. The molecule has 0 spiro atoms. The van der Waals surface area contributed by atoms with Crippen molar-refractivity contribution in [3.63, 3.8) is 0 Å². The summed E-state index contributed by atoms with van der Waals surface area (Å²) < 4.78 is 0. The second-order valence-corrected chi connectivity index (χ2v) is 9.80. The minimum atomic E-state index is -0.238. The summed E-state index contributed by atoms with van der Waals surface area (Å²) >= 11 is 1.59. The van der Waals surface area contributed by atoms with Crippen LogP contribution in [-0.4, -0.2) is 21.1 Å². The molecule has 5 rings (SSSR count). The predicted molar refractivity (Wildman–Crippen MR) is 148 cm³/mol. The average molecular weight is 493 g/mol. The van der Waals surface area contributed by atoms with Crippen LogP contribution in [0.4, 0.5) is 5.69 Å². The number of aryl methyl sites for hydroxylation is 2. The quantitative estimate of drug-likeness (QED) is 0.232. The normalized spacial score (nSPS) is 10.9. The van der Waals surface area contributed by atoms with Crippen molar-refractivity contribution >= 4 is 22.9 Å². The number of nitrogens with one attached hydrogen (secondary N) is 2. The summed E-state index contributed by atoms with van der Waals surface area (Å²) in [5.74, 6) is -0.238. The molecule has 0 fully saturated rings. The van der Waals surface area contributed by atoms with Gasteiger partial charge in [0.25, 0.3) is 5.91 Å². The Morgan fingerprint density at radius 2 is 1.61 bits per heavy atom. The zero-order valence-electron chi connectivity index (χ0n) is 20.4. The molecular weight excluding hydrogens is 464 g/mol. The average Bonchev–Trinajstić information content (AvgIpc) is 3.56. The highest BCUT2D eigenvalue weighted by atomic mass is 32.1. The van der Waals surface area contributed by atoms with Gasteiger partial charge in [-0.25, -0.2) is 4.98 Å². The number of amides is 1. The zero-order chi connectivity index (χ0) is 24.9. The van der Waals surface area contributed by atoms with Crippen molar-refractivity contribution in [3.05, 3.63) is 102 Å². The van der Waals surface area contributed by atoms with Crippen molar-refractivity contribution in [2.24, 2.45) is 0 Å². The van der Waals surface area contributed by atoms with E-state index >= 15 is 0 Å². The molecule has 1 amide bonds. The van der Waals surface area contributed by atoms with Gasteiger partial charge in [0.05, 0.1) is 16.3 Å². The maximum atomic E-state index is 12.8. The minimum absolute atomic E-state index is 0.238. The number of thiazole rings is 1. The van der Waals surface area contributed by atoms with Crippen LogP contribution in [0.1, 0.15) is 41.5 Å². The Kier molecular flexibility index (Phi) is 7.05. The van der Waals surface area contributed by atoms with Crippen LogP contribution in [0, 0.1) is 6.92 Å². The summed E-state index contributed by atoms with van der Waals surface area (Å²) in [4.78, 5) is 18.5. The first-order chi connectivity index (χ1) is 17.6. The Morgan fingerprint density at radius 3 is 2.33 bits per heavy atom. The topological polar surface area (TPSA) is 70.7 Å². The van der Waals surface area contributed by atoms with Gasteiger partial charge in [-0.05, 0) is 54.7 Å². The van der Waals surface area contributed by atoms with Crippen LogP contribution in [0.25, 0.3) is 32.3 Å². The number of aromatic amines is 1. The molecule has 2 heterocycles. The number of benzene rings is 3. The standard InChI is InChI=1S/C30H28N4OS/c1-3-4-8-21-11-17-25(18-12-21)32-29(35)27-19-26(33-34-27)28-20(2)31-30(36-28)24-15-13-23(14-16-24)22-9-6-5-7-10-22/h5-7,9-19H,3-4,8H2,1-2H3,(H,32,35)(H,33,34). The van der Waals surface area contributed by atoms with E-state index in [0.29, 0.717) is 5.69 Å². The first-order valence-corrected chi connectivity index (χ1v) is 13.0. The number of carbonyl (C=O) groups is 1. The van der Waals surface area contributed by atoms with E-state index in [-0.39, 0.29) is 5.91 Å². The molecule has 0 aliphatic carbocycles. The molecule has 36 heavy (non-hydrogen) atoms. The summed E-state index contributed by atoms with van der Waals surface area (Å²) in [5.41, 5.74) is 7.51. The lowest BCUT2D eigenvalue weighted by Gasteiger charge is -2.05. The summed E-state index contributed by atoms with van der Waals surface area (Å²) in [5, 5.41) is 11.1. The maximum absolute atomic E-state index is 12.8. The van der Waals surface area contributed by atoms with Crippen LogP contribution in [-0.2, 0) is 6.42 Å². The van der Waals surface area contributed by atoms with Gasteiger partial charge in [0.15, 0.2) is 5.69 Å². The van der Waals surface area contributed by atoms with Gasteiger partial charge in [-0.1, -0.05) is 80.1 Å². The fourth-order valence-corrected chi connectivity index (χ4v) is 5.13. The highest BCUT2D eigenvalue weighted by molar-refractivity contribution is 7.18. The largest absolute Gasteiger partial charge is 0.321 e. The van der Waals surface area contributed by atoms with Gasteiger partial charge in [-0.3, -0.25) is 9.89 Å². The van der Waals surface area contributed by atoms with Crippen molar-refractivity contribution in [2.75, 3.05) is 5.32 Å². The number of anilines is 1. The highest BCUT2D eigenvalue weighted by Gasteiger charge is 2.17. The molecule has 5 nitrogen and oxygen atoms in total. The molecule has 0 unspecified atom stereocenters. The number of H-pyrrole nitrogens is 1.